The zero-order chi connectivity index (χ0) is 10.9. The third-order valence-corrected chi connectivity index (χ3v) is 4.11. The molecule has 1 aromatic rings. The summed E-state index contributed by atoms with van der Waals surface area (Å²) in [5, 5.41) is 0. The molecule has 1 aromatic carbocycles. The Morgan fingerprint density at radius 1 is 1.36 bits per heavy atom. The van der Waals surface area contributed by atoms with Crippen molar-refractivity contribution in [1.82, 2.24) is 4.31 Å². The quantitative estimate of drug-likeness (QED) is 0.829. The van der Waals surface area contributed by atoms with Crippen LogP contribution in [0, 0.1) is 0 Å². The van der Waals surface area contributed by atoms with Crippen LogP contribution in [-0.4, -0.2) is 26.8 Å². The summed E-state index contributed by atoms with van der Waals surface area (Å²) in [6.07, 6.45) is 0. The first kappa shape index (κ1) is 11.5. The smallest absolute Gasteiger partial charge is 0.244 e. The van der Waals surface area contributed by atoms with Gasteiger partial charge in [-0.1, -0.05) is 15.9 Å². The van der Waals surface area contributed by atoms with E-state index in [-0.39, 0.29) is 10.6 Å². The van der Waals surface area contributed by atoms with E-state index < -0.39 is 10.0 Å². The van der Waals surface area contributed by atoms with E-state index in [1.165, 1.54) is 20.2 Å². The van der Waals surface area contributed by atoms with Crippen molar-refractivity contribution in [3.8, 4) is 0 Å². The van der Waals surface area contributed by atoms with Gasteiger partial charge in [0.25, 0.3) is 0 Å². The van der Waals surface area contributed by atoms with Gasteiger partial charge in [-0.05, 0) is 18.2 Å². The molecule has 0 aliphatic carbocycles. The Kier molecular flexibility index (Phi) is 3.18. The Labute approximate surface area is 91.9 Å². The molecule has 78 valence electrons. The normalized spacial score (nSPS) is 12.0. The number of nitrogens with two attached hydrogens (primary N) is 1. The minimum atomic E-state index is -3.44. The van der Waals surface area contributed by atoms with Crippen molar-refractivity contribution in [1.29, 1.82) is 0 Å². The van der Waals surface area contributed by atoms with Crippen molar-refractivity contribution in [3.63, 3.8) is 0 Å². The van der Waals surface area contributed by atoms with Gasteiger partial charge in [-0.3, -0.25) is 0 Å². The van der Waals surface area contributed by atoms with Crippen LogP contribution in [0.5, 0.6) is 0 Å². The van der Waals surface area contributed by atoms with Crippen LogP contribution < -0.4 is 5.73 Å². The molecule has 0 aliphatic heterocycles. The zero-order valence-corrected chi connectivity index (χ0v) is 10.3. The van der Waals surface area contributed by atoms with E-state index in [0.29, 0.717) is 0 Å². The maximum absolute atomic E-state index is 11.7. The van der Waals surface area contributed by atoms with Gasteiger partial charge in [0.05, 0.1) is 5.69 Å². The molecule has 0 heterocycles. The summed E-state index contributed by atoms with van der Waals surface area (Å²) < 4.78 is 25.3. The predicted molar refractivity (Wildman–Crippen MR) is 59.4 cm³/mol. The molecule has 0 aliphatic rings. The Bertz CT molecular complexity index is 443. The summed E-state index contributed by atoms with van der Waals surface area (Å²) in [6, 6.07) is 4.69. The highest BCUT2D eigenvalue weighted by Gasteiger charge is 2.19. The van der Waals surface area contributed by atoms with E-state index in [4.69, 9.17) is 5.73 Å². The molecule has 1 rings (SSSR count). The first-order valence-electron chi connectivity index (χ1n) is 3.83. The van der Waals surface area contributed by atoms with Gasteiger partial charge in [0, 0.05) is 18.6 Å². The Hall–Kier alpha value is -0.590. The topological polar surface area (TPSA) is 63.4 Å². The lowest BCUT2D eigenvalue weighted by Crippen LogP contribution is -2.23. The Balaban J connectivity index is 3.35. The van der Waals surface area contributed by atoms with Crippen molar-refractivity contribution >= 4 is 31.6 Å². The highest BCUT2D eigenvalue weighted by molar-refractivity contribution is 9.10. The molecule has 2 N–H and O–H groups in total. The standard InChI is InChI=1S/C8H11BrN2O2S/c1-11(2)14(12,13)8-4-3-6(9)5-7(8)10/h3-5H,10H2,1-2H3. The van der Waals surface area contributed by atoms with Crippen molar-refractivity contribution < 1.29 is 8.42 Å². The van der Waals surface area contributed by atoms with E-state index in [1.54, 1.807) is 12.1 Å². The molecule has 0 aromatic heterocycles. The maximum Gasteiger partial charge on any atom is 0.244 e. The molecule has 6 heteroatoms. The van der Waals surface area contributed by atoms with Crippen molar-refractivity contribution in [3.05, 3.63) is 22.7 Å². The molecule has 14 heavy (non-hydrogen) atoms. The van der Waals surface area contributed by atoms with Gasteiger partial charge in [-0.2, -0.15) is 0 Å². The number of sulfonamides is 1. The van der Waals surface area contributed by atoms with Gasteiger partial charge in [0.15, 0.2) is 0 Å². The molecule has 0 atom stereocenters. The zero-order valence-electron chi connectivity index (χ0n) is 7.86. The summed E-state index contributed by atoms with van der Waals surface area (Å²) in [5.74, 6) is 0. The molecular formula is C8H11BrN2O2S. The molecule has 0 radical (unpaired) electrons. The van der Waals surface area contributed by atoms with Crippen LogP contribution in [0.3, 0.4) is 0 Å². The molecule has 0 amide bonds. The predicted octanol–water partition coefficient (Wildman–Crippen LogP) is 1.28. The number of nitrogens with zero attached hydrogens (tertiary/aromatic N) is 1. The average molecular weight is 279 g/mol. The number of hydrogen-bond acceptors (Lipinski definition) is 3. The molecule has 0 saturated carbocycles. The van der Waals surface area contributed by atoms with Crippen LogP contribution in [0.2, 0.25) is 0 Å². The van der Waals surface area contributed by atoms with Crippen LogP contribution >= 0.6 is 15.9 Å². The fraction of sp³-hybridized carbons (Fsp3) is 0.250. The fourth-order valence-electron chi connectivity index (χ4n) is 0.951. The molecule has 0 fully saturated rings. The number of benzene rings is 1. The maximum atomic E-state index is 11.7. The van der Waals surface area contributed by atoms with E-state index >= 15 is 0 Å². The SMILES string of the molecule is CN(C)S(=O)(=O)c1ccc(Br)cc1N. The van der Waals surface area contributed by atoms with Gasteiger partial charge in [0.2, 0.25) is 10.0 Å². The number of rotatable bonds is 2. The number of nitrogen functional groups attached to an aromatic ring is 1. The Morgan fingerprint density at radius 3 is 2.36 bits per heavy atom. The van der Waals surface area contributed by atoms with Gasteiger partial charge in [-0.25, -0.2) is 12.7 Å². The number of halogens is 1. The van der Waals surface area contributed by atoms with E-state index in [2.05, 4.69) is 15.9 Å². The van der Waals surface area contributed by atoms with Crippen LogP contribution in [0.15, 0.2) is 27.6 Å². The van der Waals surface area contributed by atoms with Crippen LogP contribution in [-0.2, 0) is 10.0 Å². The average Bonchev–Trinajstić information content (AvgIpc) is 2.02. The van der Waals surface area contributed by atoms with E-state index in [0.717, 1.165) is 8.78 Å². The highest BCUT2D eigenvalue weighted by Crippen LogP contribution is 2.24. The first-order chi connectivity index (χ1) is 6.35. The minimum absolute atomic E-state index is 0.130. The summed E-state index contributed by atoms with van der Waals surface area (Å²) in [6.45, 7) is 0. The monoisotopic (exact) mass is 278 g/mol. The highest BCUT2D eigenvalue weighted by atomic mass is 79.9. The summed E-state index contributed by atoms with van der Waals surface area (Å²) in [5.41, 5.74) is 5.85. The summed E-state index contributed by atoms with van der Waals surface area (Å²) >= 11 is 3.21. The van der Waals surface area contributed by atoms with Crippen molar-refractivity contribution in [2.24, 2.45) is 0 Å². The molecular weight excluding hydrogens is 268 g/mol. The lowest BCUT2D eigenvalue weighted by atomic mass is 10.3. The van der Waals surface area contributed by atoms with Gasteiger partial charge in [-0.15, -0.1) is 0 Å². The molecule has 4 nitrogen and oxygen atoms in total. The molecule has 0 spiro atoms. The third-order valence-electron chi connectivity index (χ3n) is 1.73. The molecule has 0 unspecified atom stereocenters. The second kappa shape index (κ2) is 3.88. The van der Waals surface area contributed by atoms with E-state index in [9.17, 15) is 8.42 Å². The largest absolute Gasteiger partial charge is 0.398 e. The van der Waals surface area contributed by atoms with E-state index in [1.807, 2.05) is 0 Å². The van der Waals surface area contributed by atoms with Gasteiger partial charge in [0.1, 0.15) is 4.90 Å². The Morgan fingerprint density at radius 2 is 1.93 bits per heavy atom. The second-order valence-corrected chi connectivity index (χ2v) is 6.01. The summed E-state index contributed by atoms with van der Waals surface area (Å²) in [7, 11) is -0.499. The third kappa shape index (κ3) is 2.08. The summed E-state index contributed by atoms with van der Waals surface area (Å²) in [4.78, 5) is 0.130. The second-order valence-electron chi connectivity index (χ2n) is 2.97. The van der Waals surface area contributed by atoms with Crippen LogP contribution in [0.1, 0.15) is 0 Å². The van der Waals surface area contributed by atoms with Crippen LogP contribution in [0.4, 0.5) is 5.69 Å². The lowest BCUT2D eigenvalue weighted by molar-refractivity contribution is 0.521. The molecule has 0 bridgehead atoms. The van der Waals surface area contributed by atoms with Gasteiger partial charge < -0.3 is 5.73 Å². The van der Waals surface area contributed by atoms with Gasteiger partial charge >= 0.3 is 0 Å². The first-order valence-corrected chi connectivity index (χ1v) is 6.06. The van der Waals surface area contributed by atoms with Crippen molar-refractivity contribution in [2.45, 2.75) is 4.90 Å². The lowest BCUT2D eigenvalue weighted by Gasteiger charge is -2.13. The van der Waals surface area contributed by atoms with Crippen LogP contribution in [0.25, 0.3) is 0 Å². The fourth-order valence-corrected chi connectivity index (χ4v) is 2.32. The number of hydrogen-bond donors (Lipinski definition) is 1. The minimum Gasteiger partial charge on any atom is -0.398 e. The molecule has 0 saturated heterocycles. The number of anilines is 1. The van der Waals surface area contributed by atoms with Crippen molar-refractivity contribution in [2.75, 3.05) is 19.8 Å².